The molecular weight excluding hydrogens is 518 g/mol. The largest absolute Gasteiger partial charge is 0.484 e. The summed E-state index contributed by atoms with van der Waals surface area (Å²) in [6.45, 7) is -0.750. The highest BCUT2D eigenvalue weighted by atomic mass is 32.2. The Kier molecular flexibility index (Phi) is 5.93. The standard InChI is InChI=1S/C24H27N5O8S/c1-27-12-18(9-25-27)38(33,34)29-11-17(10-28-22(30)13-35-24(28)32)36-20-5-4-16(8-19(20)29)26-23(31)37-21-7-14-2-3-15(21)6-14/h4-5,8-9,12,14-15,17,21H,2-3,6-7,10-11,13H2,1H3,(H,26,31)/t14?,15?,17-,21-/m0/s1. The number of hydrogen-bond acceptors (Lipinski definition) is 9. The predicted molar refractivity (Wildman–Crippen MR) is 131 cm³/mol. The lowest BCUT2D eigenvalue weighted by molar-refractivity contribution is -0.126. The molecule has 202 valence electrons. The van der Waals surface area contributed by atoms with Crippen LogP contribution in [0.4, 0.5) is 21.0 Å². The predicted octanol–water partition coefficient (Wildman–Crippen LogP) is 2.09. The molecule has 1 aromatic carbocycles. The maximum atomic E-state index is 13.6. The van der Waals surface area contributed by atoms with Crippen molar-refractivity contribution in [1.82, 2.24) is 14.7 Å². The van der Waals surface area contributed by atoms with Crippen LogP contribution >= 0.6 is 0 Å². The van der Waals surface area contributed by atoms with Gasteiger partial charge in [0, 0.05) is 18.9 Å². The number of aryl methyl sites for hydroxylation is 1. The number of carbonyl (C=O) groups excluding carboxylic acids is 3. The lowest BCUT2D eigenvalue weighted by atomic mass is 9.98. The van der Waals surface area contributed by atoms with Crippen LogP contribution < -0.4 is 14.4 Å². The highest BCUT2D eigenvalue weighted by Gasteiger charge is 2.42. The molecule has 3 fully saturated rings. The SMILES string of the molecule is Cn1cc(S(=O)(=O)N2C[C@H](CN3C(=O)COC3=O)Oc3ccc(NC(=O)O[C@H]4CC5CCC4C5)cc32)cn1. The molecule has 14 heteroatoms. The Morgan fingerprint density at radius 3 is 2.74 bits per heavy atom. The van der Waals surface area contributed by atoms with Crippen molar-refractivity contribution in [3.8, 4) is 5.75 Å². The number of fused-ring (bicyclic) bond motifs is 3. The highest BCUT2D eigenvalue weighted by Crippen LogP contribution is 2.46. The van der Waals surface area contributed by atoms with Crippen molar-refractivity contribution in [2.45, 2.75) is 42.8 Å². The van der Waals surface area contributed by atoms with Crippen LogP contribution in [-0.4, -0.2) is 73.1 Å². The van der Waals surface area contributed by atoms with Crippen LogP contribution in [0.3, 0.4) is 0 Å². The van der Waals surface area contributed by atoms with Crippen LogP contribution in [0.1, 0.15) is 25.7 Å². The maximum absolute atomic E-state index is 13.6. The summed E-state index contributed by atoms with van der Waals surface area (Å²) >= 11 is 0. The van der Waals surface area contributed by atoms with Crippen molar-refractivity contribution in [2.75, 3.05) is 29.3 Å². The van der Waals surface area contributed by atoms with E-state index in [1.807, 2.05) is 0 Å². The quantitative estimate of drug-likeness (QED) is 0.576. The number of anilines is 2. The summed E-state index contributed by atoms with van der Waals surface area (Å²) in [4.78, 5) is 37.5. The number of rotatable bonds is 6. The van der Waals surface area contributed by atoms with Gasteiger partial charge in [-0.1, -0.05) is 0 Å². The number of amides is 3. The molecule has 3 heterocycles. The molecule has 1 N–H and O–H groups in total. The Balaban J connectivity index is 1.26. The first-order valence-electron chi connectivity index (χ1n) is 12.4. The van der Waals surface area contributed by atoms with E-state index in [4.69, 9.17) is 14.2 Å². The first-order chi connectivity index (χ1) is 18.2. The Hall–Kier alpha value is -3.81. The Morgan fingerprint density at radius 1 is 1.24 bits per heavy atom. The topological polar surface area (TPSA) is 149 Å². The van der Waals surface area contributed by atoms with Gasteiger partial charge < -0.3 is 14.2 Å². The van der Waals surface area contributed by atoms with Crippen LogP contribution in [0.2, 0.25) is 0 Å². The summed E-state index contributed by atoms with van der Waals surface area (Å²) in [6, 6.07) is 4.61. The van der Waals surface area contributed by atoms with E-state index in [1.54, 1.807) is 13.1 Å². The third-order valence-corrected chi connectivity index (χ3v) is 9.30. The van der Waals surface area contributed by atoms with Gasteiger partial charge in [0.05, 0.1) is 25.0 Å². The molecule has 1 saturated heterocycles. The van der Waals surface area contributed by atoms with Crippen molar-refractivity contribution >= 4 is 39.5 Å². The van der Waals surface area contributed by atoms with E-state index in [0.717, 1.165) is 28.5 Å². The van der Waals surface area contributed by atoms with E-state index < -0.39 is 34.2 Å². The van der Waals surface area contributed by atoms with Crippen molar-refractivity contribution in [3.63, 3.8) is 0 Å². The summed E-state index contributed by atoms with van der Waals surface area (Å²) in [5.74, 6) is 0.704. The summed E-state index contributed by atoms with van der Waals surface area (Å²) in [5.41, 5.74) is 0.529. The van der Waals surface area contributed by atoms with Gasteiger partial charge in [-0.15, -0.1) is 0 Å². The monoisotopic (exact) mass is 545 g/mol. The van der Waals surface area contributed by atoms with E-state index in [9.17, 15) is 22.8 Å². The zero-order valence-corrected chi connectivity index (χ0v) is 21.4. The van der Waals surface area contributed by atoms with Crippen LogP contribution in [0, 0.1) is 11.8 Å². The fourth-order valence-electron chi connectivity index (χ4n) is 5.75. The third kappa shape index (κ3) is 4.42. The van der Waals surface area contributed by atoms with Gasteiger partial charge in [-0.05, 0) is 55.7 Å². The van der Waals surface area contributed by atoms with Crippen molar-refractivity contribution in [2.24, 2.45) is 18.9 Å². The molecule has 1 aromatic heterocycles. The van der Waals surface area contributed by atoms with Crippen molar-refractivity contribution < 1.29 is 37.0 Å². The Labute approximate surface area is 218 Å². The molecule has 2 aliphatic heterocycles. The van der Waals surface area contributed by atoms with E-state index in [-0.39, 0.29) is 42.1 Å². The second-order valence-electron chi connectivity index (χ2n) is 10.1. The van der Waals surface area contributed by atoms with Gasteiger partial charge in [0.15, 0.2) is 6.61 Å². The van der Waals surface area contributed by atoms with Crippen LogP contribution in [-0.2, 0) is 31.3 Å². The zero-order chi connectivity index (χ0) is 26.6. The van der Waals surface area contributed by atoms with Crippen molar-refractivity contribution in [3.05, 3.63) is 30.6 Å². The smallest absolute Gasteiger partial charge is 0.417 e. The molecule has 0 spiro atoms. The van der Waals surface area contributed by atoms with Gasteiger partial charge in [0.1, 0.15) is 22.9 Å². The minimum absolute atomic E-state index is 0.0442. The number of nitrogens with zero attached hydrogens (tertiary/aromatic N) is 4. The van der Waals surface area contributed by atoms with Gasteiger partial charge in [-0.25, -0.2) is 22.9 Å². The number of aromatic nitrogens is 2. The van der Waals surface area contributed by atoms with E-state index in [1.165, 1.54) is 35.6 Å². The molecule has 2 bridgehead atoms. The minimum atomic E-state index is -4.11. The van der Waals surface area contributed by atoms with Gasteiger partial charge in [-0.3, -0.25) is 19.1 Å². The van der Waals surface area contributed by atoms with E-state index in [0.29, 0.717) is 17.5 Å². The molecule has 2 unspecified atom stereocenters. The molecule has 13 nitrogen and oxygen atoms in total. The molecule has 2 aliphatic carbocycles. The average Bonchev–Trinajstić information content (AvgIpc) is 3.67. The van der Waals surface area contributed by atoms with Crippen LogP contribution in [0.25, 0.3) is 0 Å². The summed E-state index contributed by atoms with van der Waals surface area (Å²) in [5, 5.41) is 6.68. The summed E-state index contributed by atoms with van der Waals surface area (Å²) in [6.07, 6.45) is 4.48. The molecule has 6 rings (SSSR count). The number of carbonyl (C=O) groups is 3. The fraction of sp³-hybridized carbons (Fsp3) is 0.500. The summed E-state index contributed by atoms with van der Waals surface area (Å²) < 4.78 is 46.2. The molecule has 2 aromatic rings. The fourth-order valence-corrected chi connectivity index (χ4v) is 7.23. The molecule has 4 atom stereocenters. The first kappa shape index (κ1) is 24.5. The molecular formula is C24H27N5O8S. The molecule has 0 radical (unpaired) electrons. The molecule has 38 heavy (non-hydrogen) atoms. The summed E-state index contributed by atoms with van der Waals surface area (Å²) in [7, 11) is -2.51. The molecule has 2 saturated carbocycles. The first-order valence-corrected chi connectivity index (χ1v) is 13.9. The van der Waals surface area contributed by atoms with Crippen LogP contribution in [0.5, 0.6) is 5.75 Å². The highest BCUT2D eigenvalue weighted by molar-refractivity contribution is 7.92. The molecule has 4 aliphatic rings. The number of ether oxygens (including phenoxy) is 3. The molecule has 3 amide bonds. The normalized spacial score (nSPS) is 26.2. The average molecular weight is 546 g/mol. The third-order valence-electron chi connectivity index (χ3n) is 7.56. The zero-order valence-electron chi connectivity index (χ0n) is 20.6. The number of imide groups is 1. The van der Waals surface area contributed by atoms with Gasteiger partial charge >= 0.3 is 12.2 Å². The van der Waals surface area contributed by atoms with Crippen molar-refractivity contribution in [1.29, 1.82) is 0 Å². The van der Waals surface area contributed by atoms with Gasteiger partial charge in [0.25, 0.3) is 15.9 Å². The maximum Gasteiger partial charge on any atom is 0.417 e. The van der Waals surface area contributed by atoms with Gasteiger partial charge in [0.2, 0.25) is 0 Å². The van der Waals surface area contributed by atoms with E-state index in [2.05, 4.69) is 10.4 Å². The Morgan fingerprint density at radius 2 is 2.08 bits per heavy atom. The number of cyclic esters (lactones) is 1. The second-order valence-corrected chi connectivity index (χ2v) is 12.0. The van der Waals surface area contributed by atoms with E-state index >= 15 is 0 Å². The Bertz CT molecular complexity index is 1390. The lowest BCUT2D eigenvalue weighted by Gasteiger charge is -2.36. The second kappa shape index (κ2) is 9.19. The van der Waals surface area contributed by atoms with Crippen LogP contribution in [0.15, 0.2) is 35.5 Å². The lowest BCUT2D eigenvalue weighted by Crippen LogP contribution is -2.49. The minimum Gasteiger partial charge on any atom is -0.484 e. The number of hydrogen-bond donors (Lipinski definition) is 1. The number of benzene rings is 1. The number of nitrogens with one attached hydrogen (secondary N) is 1. The number of sulfonamides is 1. The van der Waals surface area contributed by atoms with Gasteiger partial charge in [-0.2, -0.15) is 5.10 Å².